The van der Waals surface area contributed by atoms with E-state index in [1.54, 1.807) is 14.2 Å². The van der Waals surface area contributed by atoms with E-state index in [9.17, 15) is 0 Å². The first-order valence-corrected chi connectivity index (χ1v) is 18.1. The summed E-state index contributed by atoms with van der Waals surface area (Å²) in [4.78, 5) is 4.82. The predicted molar refractivity (Wildman–Crippen MR) is 221 cm³/mol. The number of benzene rings is 8. The molecule has 258 valence electrons. The topological polar surface area (TPSA) is 24.9 Å². The number of anilines is 6. The molecule has 0 fully saturated rings. The normalized spacial score (nSPS) is 12.7. The average Bonchev–Trinajstić information content (AvgIpc) is 3.44. The molecular formula is C49H40N2O2. The van der Waals surface area contributed by atoms with E-state index in [2.05, 4.69) is 169 Å². The molecule has 8 aromatic rings. The molecule has 0 saturated carbocycles. The Morgan fingerprint density at radius 1 is 0.377 bits per heavy atom. The molecule has 0 unspecified atom stereocenters. The molecule has 0 aliphatic heterocycles. The molecule has 0 spiro atoms. The van der Waals surface area contributed by atoms with Gasteiger partial charge in [-0.15, -0.1) is 0 Å². The van der Waals surface area contributed by atoms with Crippen molar-refractivity contribution in [3.8, 4) is 22.6 Å². The Kier molecular flexibility index (Phi) is 7.89. The van der Waals surface area contributed by atoms with E-state index in [1.165, 1.54) is 33.0 Å². The molecule has 1 aliphatic carbocycles. The second-order valence-electron chi connectivity index (χ2n) is 14.1. The Bertz CT molecular complexity index is 2600. The van der Waals surface area contributed by atoms with Crippen LogP contribution in [0.5, 0.6) is 11.5 Å². The Hall–Kier alpha value is -6.52. The number of para-hydroxylation sites is 2. The third kappa shape index (κ3) is 5.29. The molecule has 4 heteroatoms. The number of fused-ring (bicyclic) bond motifs is 5. The summed E-state index contributed by atoms with van der Waals surface area (Å²) in [5.41, 5.74) is 11.6. The molecule has 0 atom stereocenters. The fourth-order valence-corrected chi connectivity index (χ4v) is 8.24. The first kappa shape index (κ1) is 32.4. The lowest BCUT2D eigenvalue weighted by atomic mass is 9.81. The van der Waals surface area contributed by atoms with E-state index in [1.807, 2.05) is 24.3 Å². The van der Waals surface area contributed by atoms with E-state index in [4.69, 9.17) is 9.47 Å². The lowest BCUT2D eigenvalue weighted by Gasteiger charge is -2.33. The van der Waals surface area contributed by atoms with Gasteiger partial charge < -0.3 is 19.3 Å². The Labute approximate surface area is 311 Å². The fourth-order valence-electron chi connectivity index (χ4n) is 8.24. The molecule has 0 saturated heterocycles. The number of methoxy groups -OCH3 is 2. The molecule has 1 aliphatic rings. The van der Waals surface area contributed by atoms with Gasteiger partial charge >= 0.3 is 0 Å². The van der Waals surface area contributed by atoms with Crippen LogP contribution >= 0.6 is 0 Å². The van der Waals surface area contributed by atoms with Crippen LogP contribution in [-0.4, -0.2) is 14.2 Å². The second kappa shape index (κ2) is 12.9. The van der Waals surface area contributed by atoms with Crippen LogP contribution in [0.4, 0.5) is 34.1 Å². The Morgan fingerprint density at radius 2 is 0.792 bits per heavy atom. The molecule has 0 heterocycles. The summed E-state index contributed by atoms with van der Waals surface area (Å²) < 4.78 is 11.2. The quantitative estimate of drug-likeness (QED) is 0.117. The molecule has 9 rings (SSSR count). The highest BCUT2D eigenvalue weighted by atomic mass is 16.5. The zero-order valence-electron chi connectivity index (χ0n) is 30.4. The van der Waals surface area contributed by atoms with Crippen molar-refractivity contribution in [3.63, 3.8) is 0 Å². The molecular weight excluding hydrogens is 649 g/mol. The van der Waals surface area contributed by atoms with Gasteiger partial charge in [0.2, 0.25) is 0 Å². The van der Waals surface area contributed by atoms with Crippen molar-refractivity contribution in [1.82, 2.24) is 0 Å². The zero-order valence-corrected chi connectivity index (χ0v) is 30.4. The van der Waals surface area contributed by atoms with E-state index in [-0.39, 0.29) is 5.41 Å². The summed E-state index contributed by atoms with van der Waals surface area (Å²) in [7, 11) is 3.43. The number of rotatable bonds is 8. The number of hydrogen-bond donors (Lipinski definition) is 0. The van der Waals surface area contributed by atoms with Crippen molar-refractivity contribution in [2.45, 2.75) is 19.3 Å². The molecule has 0 bridgehead atoms. The van der Waals surface area contributed by atoms with Gasteiger partial charge in [-0.1, -0.05) is 98.8 Å². The van der Waals surface area contributed by atoms with Crippen LogP contribution in [-0.2, 0) is 5.41 Å². The molecule has 0 radical (unpaired) electrons. The van der Waals surface area contributed by atoms with Gasteiger partial charge in [-0.05, 0) is 107 Å². The van der Waals surface area contributed by atoms with Crippen molar-refractivity contribution in [3.05, 3.63) is 181 Å². The number of ether oxygens (including phenoxy) is 2. The van der Waals surface area contributed by atoms with Gasteiger partial charge in [0.15, 0.2) is 0 Å². The van der Waals surface area contributed by atoms with Crippen LogP contribution in [0.2, 0.25) is 0 Å². The highest BCUT2D eigenvalue weighted by molar-refractivity contribution is 6.24. The molecule has 53 heavy (non-hydrogen) atoms. The van der Waals surface area contributed by atoms with E-state index < -0.39 is 0 Å². The third-order valence-corrected chi connectivity index (χ3v) is 10.8. The molecule has 0 aromatic heterocycles. The maximum Gasteiger partial charge on any atom is 0.119 e. The zero-order chi connectivity index (χ0) is 36.1. The van der Waals surface area contributed by atoms with Gasteiger partial charge in [-0.25, -0.2) is 0 Å². The molecule has 0 amide bonds. The van der Waals surface area contributed by atoms with Crippen molar-refractivity contribution in [2.24, 2.45) is 0 Å². The molecule has 0 N–H and O–H groups in total. The van der Waals surface area contributed by atoms with Crippen molar-refractivity contribution < 1.29 is 9.47 Å². The van der Waals surface area contributed by atoms with Crippen LogP contribution in [0, 0.1) is 0 Å². The van der Waals surface area contributed by atoms with Gasteiger partial charge in [0, 0.05) is 49.7 Å². The minimum Gasteiger partial charge on any atom is -0.497 e. The largest absolute Gasteiger partial charge is 0.497 e. The van der Waals surface area contributed by atoms with Crippen LogP contribution in [0.1, 0.15) is 25.0 Å². The Morgan fingerprint density at radius 3 is 1.28 bits per heavy atom. The SMILES string of the molecule is COc1ccc(N(c2ccccc2)c2c3ccccc3c(N(c3ccccc3)c3ccc(OC)cc3)c3cc4c(cc23)-c2ccccc2C4(C)C)cc1. The summed E-state index contributed by atoms with van der Waals surface area (Å²) in [6, 6.07) is 60.9. The van der Waals surface area contributed by atoms with Crippen molar-refractivity contribution in [2.75, 3.05) is 24.0 Å². The second-order valence-corrected chi connectivity index (χ2v) is 14.1. The average molecular weight is 689 g/mol. The van der Waals surface area contributed by atoms with E-state index >= 15 is 0 Å². The summed E-state index contributed by atoms with van der Waals surface area (Å²) in [6.07, 6.45) is 0. The van der Waals surface area contributed by atoms with Gasteiger partial charge in [-0.2, -0.15) is 0 Å². The third-order valence-electron chi connectivity index (χ3n) is 10.8. The molecule has 4 nitrogen and oxygen atoms in total. The van der Waals surface area contributed by atoms with Gasteiger partial charge in [0.25, 0.3) is 0 Å². The van der Waals surface area contributed by atoms with Gasteiger partial charge in [0.05, 0.1) is 25.6 Å². The lowest BCUT2D eigenvalue weighted by molar-refractivity contribution is 0.414. The minimum atomic E-state index is -0.185. The maximum absolute atomic E-state index is 5.61. The standard InChI is InChI=1S/C49H40N2O2/c1-49(2)45-22-14-13-19-39(45)42-31-43-44(32-46(42)49)48(51(34-17-9-6-10-18-34)36-25-29-38(53-4)30-26-36)41-21-12-11-20-40(41)47(43)50(33-15-7-5-8-16-33)35-23-27-37(52-3)28-24-35/h5-32H,1-4H3. The van der Waals surface area contributed by atoms with Crippen LogP contribution in [0.15, 0.2) is 170 Å². The highest BCUT2D eigenvalue weighted by Gasteiger charge is 2.37. The fraction of sp³-hybridized carbons (Fsp3) is 0.102. The number of hydrogen-bond acceptors (Lipinski definition) is 4. The first-order chi connectivity index (χ1) is 26.0. The highest BCUT2D eigenvalue weighted by Crippen LogP contribution is 2.56. The maximum atomic E-state index is 5.61. The van der Waals surface area contributed by atoms with Gasteiger partial charge in [0.1, 0.15) is 11.5 Å². The Balaban J connectivity index is 1.46. The summed E-state index contributed by atoms with van der Waals surface area (Å²) >= 11 is 0. The summed E-state index contributed by atoms with van der Waals surface area (Å²) in [5.74, 6) is 1.64. The van der Waals surface area contributed by atoms with Crippen LogP contribution in [0.25, 0.3) is 32.7 Å². The lowest BCUT2D eigenvalue weighted by Crippen LogP contribution is -2.16. The van der Waals surface area contributed by atoms with E-state index in [0.717, 1.165) is 56.4 Å². The summed E-state index contributed by atoms with van der Waals surface area (Å²) in [6.45, 7) is 4.72. The predicted octanol–water partition coefficient (Wildman–Crippen LogP) is 13.3. The number of nitrogens with zero attached hydrogens (tertiary/aromatic N) is 2. The summed E-state index contributed by atoms with van der Waals surface area (Å²) in [5, 5.41) is 4.64. The van der Waals surface area contributed by atoms with E-state index in [0.29, 0.717) is 0 Å². The first-order valence-electron chi connectivity index (χ1n) is 18.1. The van der Waals surface area contributed by atoms with Crippen LogP contribution < -0.4 is 19.3 Å². The van der Waals surface area contributed by atoms with Crippen molar-refractivity contribution in [1.29, 1.82) is 0 Å². The monoisotopic (exact) mass is 688 g/mol. The van der Waals surface area contributed by atoms with Crippen LogP contribution in [0.3, 0.4) is 0 Å². The minimum absolute atomic E-state index is 0.185. The van der Waals surface area contributed by atoms with Crippen molar-refractivity contribution >= 4 is 55.7 Å². The smallest absolute Gasteiger partial charge is 0.119 e. The molecule has 8 aromatic carbocycles. The van der Waals surface area contributed by atoms with Gasteiger partial charge in [-0.3, -0.25) is 0 Å².